The SMILES string of the molecule is CCCNC(=O)C1COCCN1c1ccnc(N)c1. The van der Waals surface area contributed by atoms with Crippen molar-refractivity contribution in [1.29, 1.82) is 0 Å². The number of carbonyl (C=O) groups is 1. The molecule has 1 aliphatic rings. The van der Waals surface area contributed by atoms with Gasteiger partial charge in [0.1, 0.15) is 11.9 Å². The Morgan fingerprint density at radius 2 is 2.53 bits per heavy atom. The predicted octanol–water partition coefficient (Wildman–Crippen LogP) is 0.395. The van der Waals surface area contributed by atoms with Gasteiger partial charge in [-0.05, 0) is 12.5 Å². The van der Waals surface area contributed by atoms with Crippen LogP contribution in [0.25, 0.3) is 0 Å². The summed E-state index contributed by atoms with van der Waals surface area (Å²) < 4.78 is 5.42. The van der Waals surface area contributed by atoms with Crippen molar-refractivity contribution in [3.8, 4) is 0 Å². The van der Waals surface area contributed by atoms with Gasteiger partial charge in [0.15, 0.2) is 0 Å². The number of ether oxygens (including phenoxy) is 1. The Morgan fingerprint density at radius 1 is 1.68 bits per heavy atom. The van der Waals surface area contributed by atoms with Gasteiger partial charge >= 0.3 is 0 Å². The van der Waals surface area contributed by atoms with E-state index in [9.17, 15) is 4.79 Å². The molecule has 1 amide bonds. The molecule has 0 spiro atoms. The number of nitrogens with two attached hydrogens (primary N) is 1. The molecule has 1 atom stereocenters. The maximum Gasteiger partial charge on any atom is 0.245 e. The van der Waals surface area contributed by atoms with Gasteiger partial charge in [-0.25, -0.2) is 4.98 Å². The molecule has 0 saturated carbocycles. The van der Waals surface area contributed by atoms with Gasteiger partial charge in [0.05, 0.1) is 13.2 Å². The minimum Gasteiger partial charge on any atom is -0.384 e. The summed E-state index contributed by atoms with van der Waals surface area (Å²) in [7, 11) is 0. The Morgan fingerprint density at radius 3 is 3.26 bits per heavy atom. The molecule has 1 aromatic rings. The second-order valence-corrected chi connectivity index (χ2v) is 4.51. The van der Waals surface area contributed by atoms with E-state index < -0.39 is 0 Å². The third-order valence-corrected chi connectivity index (χ3v) is 3.08. The maximum absolute atomic E-state index is 12.1. The Balaban J connectivity index is 2.13. The normalized spacial score (nSPS) is 19.2. The lowest BCUT2D eigenvalue weighted by molar-refractivity contribution is -0.124. The first kappa shape index (κ1) is 13.6. The van der Waals surface area contributed by atoms with Gasteiger partial charge in [-0.15, -0.1) is 0 Å². The summed E-state index contributed by atoms with van der Waals surface area (Å²) in [6, 6.07) is 3.34. The Bertz CT molecular complexity index is 438. The fourth-order valence-corrected chi connectivity index (χ4v) is 2.11. The Kier molecular flexibility index (Phi) is 4.57. The molecule has 0 aliphatic carbocycles. The zero-order valence-electron chi connectivity index (χ0n) is 11.1. The highest BCUT2D eigenvalue weighted by Crippen LogP contribution is 2.20. The van der Waals surface area contributed by atoms with Crippen LogP contribution >= 0.6 is 0 Å². The summed E-state index contributed by atoms with van der Waals surface area (Å²) in [6.45, 7) is 4.39. The lowest BCUT2D eigenvalue weighted by atomic mass is 10.2. The van der Waals surface area contributed by atoms with E-state index in [1.54, 1.807) is 12.3 Å². The van der Waals surface area contributed by atoms with Crippen LogP contribution in [0.5, 0.6) is 0 Å². The molecule has 2 heterocycles. The molecule has 1 unspecified atom stereocenters. The van der Waals surface area contributed by atoms with Gasteiger partial charge in [0, 0.05) is 31.0 Å². The quantitative estimate of drug-likeness (QED) is 0.822. The van der Waals surface area contributed by atoms with E-state index >= 15 is 0 Å². The molecule has 0 bridgehead atoms. The van der Waals surface area contributed by atoms with Crippen LogP contribution in [0.2, 0.25) is 0 Å². The largest absolute Gasteiger partial charge is 0.384 e. The number of rotatable bonds is 4. The number of morpholine rings is 1. The Labute approximate surface area is 112 Å². The number of hydrogen-bond donors (Lipinski definition) is 2. The minimum atomic E-state index is -0.304. The number of aromatic nitrogens is 1. The van der Waals surface area contributed by atoms with Crippen molar-refractivity contribution in [3.05, 3.63) is 18.3 Å². The summed E-state index contributed by atoms with van der Waals surface area (Å²) in [4.78, 5) is 18.1. The van der Waals surface area contributed by atoms with Gasteiger partial charge in [-0.2, -0.15) is 0 Å². The van der Waals surface area contributed by atoms with E-state index in [4.69, 9.17) is 10.5 Å². The highest BCUT2D eigenvalue weighted by molar-refractivity contribution is 5.85. The van der Waals surface area contributed by atoms with E-state index in [1.165, 1.54) is 0 Å². The van der Waals surface area contributed by atoms with E-state index in [2.05, 4.69) is 10.3 Å². The van der Waals surface area contributed by atoms with E-state index in [0.717, 1.165) is 12.1 Å². The molecule has 6 nitrogen and oxygen atoms in total. The number of nitrogens with zero attached hydrogens (tertiary/aromatic N) is 2. The second-order valence-electron chi connectivity index (χ2n) is 4.51. The molecular formula is C13H20N4O2. The molecule has 1 fully saturated rings. The number of hydrogen-bond acceptors (Lipinski definition) is 5. The summed E-state index contributed by atoms with van der Waals surface area (Å²) in [5.74, 6) is 0.452. The van der Waals surface area contributed by atoms with Crippen molar-refractivity contribution in [1.82, 2.24) is 10.3 Å². The van der Waals surface area contributed by atoms with Crippen molar-refractivity contribution in [3.63, 3.8) is 0 Å². The topological polar surface area (TPSA) is 80.5 Å². The number of carbonyl (C=O) groups excluding carboxylic acids is 1. The van der Waals surface area contributed by atoms with Crippen molar-refractivity contribution in [2.75, 3.05) is 36.9 Å². The molecule has 1 aliphatic heterocycles. The molecule has 104 valence electrons. The zero-order valence-corrected chi connectivity index (χ0v) is 11.1. The number of nitrogens with one attached hydrogen (secondary N) is 1. The summed E-state index contributed by atoms with van der Waals surface area (Å²) in [5.41, 5.74) is 6.61. The molecular weight excluding hydrogens is 244 g/mol. The first-order valence-electron chi connectivity index (χ1n) is 6.56. The number of anilines is 2. The van der Waals surface area contributed by atoms with Crippen LogP contribution in [0.3, 0.4) is 0 Å². The van der Waals surface area contributed by atoms with Crippen molar-refractivity contribution in [2.45, 2.75) is 19.4 Å². The number of pyridine rings is 1. The predicted molar refractivity (Wildman–Crippen MR) is 73.9 cm³/mol. The van der Waals surface area contributed by atoms with Crippen LogP contribution in [0.1, 0.15) is 13.3 Å². The van der Waals surface area contributed by atoms with Gasteiger partial charge in [0.2, 0.25) is 5.91 Å². The highest BCUT2D eigenvalue weighted by Gasteiger charge is 2.29. The van der Waals surface area contributed by atoms with Crippen molar-refractivity contribution >= 4 is 17.4 Å². The van der Waals surface area contributed by atoms with E-state index in [0.29, 0.717) is 32.1 Å². The summed E-state index contributed by atoms with van der Waals surface area (Å²) in [5, 5.41) is 2.91. The standard InChI is InChI=1S/C13H20N4O2/c1-2-4-16-13(18)11-9-19-7-6-17(11)10-3-5-15-12(14)8-10/h3,5,8,11H,2,4,6-7,9H2,1H3,(H2,14,15)(H,16,18). The first-order valence-corrected chi connectivity index (χ1v) is 6.56. The fourth-order valence-electron chi connectivity index (χ4n) is 2.11. The van der Waals surface area contributed by atoms with Crippen LogP contribution in [0, 0.1) is 0 Å². The minimum absolute atomic E-state index is 0.00284. The average Bonchev–Trinajstić information content (AvgIpc) is 2.45. The summed E-state index contributed by atoms with van der Waals surface area (Å²) in [6.07, 6.45) is 2.57. The smallest absolute Gasteiger partial charge is 0.245 e. The van der Waals surface area contributed by atoms with Gasteiger partial charge in [-0.1, -0.05) is 6.92 Å². The van der Waals surface area contributed by atoms with Crippen molar-refractivity contribution < 1.29 is 9.53 Å². The monoisotopic (exact) mass is 264 g/mol. The lowest BCUT2D eigenvalue weighted by Gasteiger charge is -2.36. The molecule has 0 radical (unpaired) electrons. The molecule has 0 aromatic carbocycles. The molecule has 2 rings (SSSR count). The number of nitrogen functional groups attached to an aromatic ring is 1. The van der Waals surface area contributed by atoms with Gasteiger partial charge in [-0.3, -0.25) is 4.79 Å². The van der Waals surface area contributed by atoms with Crippen molar-refractivity contribution in [2.24, 2.45) is 0 Å². The molecule has 1 aromatic heterocycles. The van der Waals surface area contributed by atoms with Crippen LogP contribution < -0.4 is 16.0 Å². The van der Waals surface area contributed by atoms with Gasteiger partial charge < -0.3 is 20.7 Å². The number of amides is 1. The zero-order chi connectivity index (χ0) is 13.7. The first-order chi connectivity index (χ1) is 9.22. The molecule has 1 saturated heterocycles. The molecule has 3 N–H and O–H groups in total. The Hall–Kier alpha value is -1.82. The van der Waals surface area contributed by atoms with Crippen LogP contribution in [-0.2, 0) is 9.53 Å². The van der Waals surface area contributed by atoms with Crippen LogP contribution in [0.4, 0.5) is 11.5 Å². The third kappa shape index (κ3) is 3.35. The average molecular weight is 264 g/mol. The second kappa shape index (κ2) is 6.38. The van der Waals surface area contributed by atoms with Gasteiger partial charge in [0.25, 0.3) is 0 Å². The maximum atomic E-state index is 12.1. The molecule has 6 heteroatoms. The molecule has 19 heavy (non-hydrogen) atoms. The van der Waals surface area contributed by atoms with Crippen LogP contribution in [-0.4, -0.2) is 43.2 Å². The van der Waals surface area contributed by atoms with E-state index in [-0.39, 0.29) is 11.9 Å². The highest BCUT2D eigenvalue weighted by atomic mass is 16.5. The van der Waals surface area contributed by atoms with Crippen LogP contribution in [0.15, 0.2) is 18.3 Å². The lowest BCUT2D eigenvalue weighted by Crippen LogP contribution is -2.54. The fraction of sp³-hybridized carbons (Fsp3) is 0.538. The van der Waals surface area contributed by atoms with E-state index in [1.807, 2.05) is 17.9 Å². The third-order valence-electron chi connectivity index (χ3n) is 3.08. The summed E-state index contributed by atoms with van der Waals surface area (Å²) >= 11 is 0.